The third kappa shape index (κ3) is 1.63. The minimum Gasteiger partial charge on any atom is -0.245 e. The lowest BCUT2D eigenvalue weighted by Crippen LogP contribution is -1.99. The molecule has 0 bridgehead atoms. The molecule has 0 aliphatic heterocycles. The van der Waals surface area contributed by atoms with Crippen molar-refractivity contribution >= 4 is 17.1 Å². The van der Waals surface area contributed by atoms with E-state index in [0.717, 1.165) is 18.5 Å². The van der Waals surface area contributed by atoms with Crippen molar-refractivity contribution in [2.24, 2.45) is 0 Å². The first kappa shape index (κ1) is 9.83. The standard InChI is InChI=1S/C11H12FN3/c1-3-5-15-11-7-9(12)8(4-2)6-10(11)13-14-15/h4,6-7H,2-3,5H2,1H3. The average molecular weight is 205 g/mol. The topological polar surface area (TPSA) is 30.7 Å². The predicted molar refractivity (Wildman–Crippen MR) is 57.9 cm³/mol. The van der Waals surface area contributed by atoms with E-state index < -0.39 is 0 Å². The number of fused-ring (bicyclic) bond motifs is 1. The Hall–Kier alpha value is -1.71. The highest BCUT2D eigenvalue weighted by molar-refractivity contribution is 5.77. The first-order valence-electron chi connectivity index (χ1n) is 4.91. The van der Waals surface area contributed by atoms with Crippen LogP contribution < -0.4 is 0 Å². The van der Waals surface area contributed by atoms with E-state index in [1.807, 2.05) is 6.92 Å². The van der Waals surface area contributed by atoms with Crippen molar-refractivity contribution in [3.63, 3.8) is 0 Å². The summed E-state index contributed by atoms with van der Waals surface area (Å²) in [5.41, 5.74) is 1.91. The van der Waals surface area contributed by atoms with Crippen LogP contribution in [-0.2, 0) is 6.54 Å². The van der Waals surface area contributed by atoms with Gasteiger partial charge in [0.05, 0.1) is 5.52 Å². The molecule has 0 aliphatic carbocycles. The van der Waals surface area contributed by atoms with Crippen molar-refractivity contribution in [1.82, 2.24) is 15.0 Å². The molecule has 1 heterocycles. The van der Waals surface area contributed by atoms with Crippen LogP contribution in [-0.4, -0.2) is 15.0 Å². The van der Waals surface area contributed by atoms with Gasteiger partial charge in [0.25, 0.3) is 0 Å². The van der Waals surface area contributed by atoms with Crippen LogP contribution in [0.5, 0.6) is 0 Å². The fourth-order valence-corrected chi connectivity index (χ4v) is 1.54. The summed E-state index contributed by atoms with van der Waals surface area (Å²) >= 11 is 0. The molecule has 15 heavy (non-hydrogen) atoms. The molecule has 0 fully saturated rings. The predicted octanol–water partition coefficient (Wildman–Crippen LogP) is 2.62. The summed E-state index contributed by atoms with van der Waals surface area (Å²) in [6, 6.07) is 3.12. The summed E-state index contributed by atoms with van der Waals surface area (Å²) in [7, 11) is 0. The first-order valence-corrected chi connectivity index (χ1v) is 4.91. The van der Waals surface area contributed by atoms with Crippen LogP contribution in [0, 0.1) is 5.82 Å². The molecule has 0 radical (unpaired) electrons. The number of aryl methyl sites for hydroxylation is 1. The fourth-order valence-electron chi connectivity index (χ4n) is 1.54. The Kier molecular flexibility index (Phi) is 2.49. The molecule has 2 rings (SSSR count). The lowest BCUT2D eigenvalue weighted by Gasteiger charge is -2.00. The number of hydrogen-bond donors (Lipinski definition) is 0. The summed E-state index contributed by atoms with van der Waals surface area (Å²) in [5, 5.41) is 7.95. The summed E-state index contributed by atoms with van der Waals surface area (Å²) in [4.78, 5) is 0. The van der Waals surface area contributed by atoms with E-state index in [0.29, 0.717) is 11.1 Å². The third-order valence-electron chi connectivity index (χ3n) is 2.29. The van der Waals surface area contributed by atoms with Crippen LogP contribution >= 0.6 is 0 Å². The summed E-state index contributed by atoms with van der Waals surface area (Å²) in [6.45, 7) is 6.34. The second-order valence-electron chi connectivity index (χ2n) is 3.38. The monoisotopic (exact) mass is 205 g/mol. The largest absolute Gasteiger partial charge is 0.245 e. The Balaban J connectivity index is 2.62. The highest BCUT2D eigenvalue weighted by atomic mass is 19.1. The molecule has 78 valence electrons. The van der Waals surface area contributed by atoms with Crippen LogP contribution in [0.1, 0.15) is 18.9 Å². The van der Waals surface area contributed by atoms with E-state index in [2.05, 4.69) is 16.9 Å². The molecule has 1 aromatic heterocycles. The highest BCUT2D eigenvalue weighted by Crippen LogP contribution is 2.18. The van der Waals surface area contributed by atoms with Gasteiger partial charge in [-0.15, -0.1) is 5.10 Å². The molecular weight excluding hydrogens is 193 g/mol. The Morgan fingerprint density at radius 2 is 2.33 bits per heavy atom. The van der Waals surface area contributed by atoms with Crippen molar-refractivity contribution < 1.29 is 4.39 Å². The molecule has 0 saturated carbocycles. The minimum atomic E-state index is -0.280. The zero-order chi connectivity index (χ0) is 10.8. The number of benzene rings is 1. The average Bonchev–Trinajstić information content (AvgIpc) is 2.61. The maximum absolute atomic E-state index is 13.5. The van der Waals surface area contributed by atoms with E-state index in [9.17, 15) is 4.39 Å². The molecule has 0 atom stereocenters. The van der Waals surface area contributed by atoms with Crippen molar-refractivity contribution in [2.75, 3.05) is 0 Å². The zero-order valence-corrected chi connectivity index (χ0v) is 8.57. The van der Waals surface area contributed by atoms with Crippen molar-refractivity contribution in [1.29, 1.82) is 0 Å². The van der Waals surface area contributed by atoms with Crippen LogP contribution in [0.15, 0.2) is 18.7 Å². The van der Waals surface area contributed by atoms with E-state index in [-0.39, 0.29) is 5.82 Å². The van der Waals surface area contributed by atoms with Crippen LogP contribution in [0.4, 0.5) is 4.39 Å². The molecular formula is C11H12FN3. The summed E-state index contributed by atoms with van der Waals surface area (Å²) in [5.74, 6) is -0.280. The van der Waals surface area contributed by atoms with Gasteiger partial charge in [-0.1, -0.05) is 24.8 Å². The second-order valence-corrected chi connectivity index (χ2v) is 3.38. The molecule has 0 aliphatic rings. The van der Waals surface area contributed by atoms with Crippen LogP contribution in [0.3, 0.4) is 0 Å². The lowest BCUT2D eigenvalue weighted by atomic mass is 10.2. The van der Waals surface area contributed by atoms with E-state index in [1.165, 1.54) is 12.1 Å². The molecule has 4 heteroatoms. The van der Waals surface area contributed by atoms with Gasteiger partial charge in [-0.25, -0.2) is 9.07 Å². The molecule has 0 unspecified atom stereocenters. The van der Waals surface area contributed by atoms with Crippen molar-refractivity contribution in [3.05, 3.63) is 30.1 Å². The van der Waals surface area contributed by atoms with Crippen LogP contribution in [0.2, 0.25) is 0 Å². The van der Waals surface area contributed by atoms with E-state index in [4.69, 9.17) is 0 Å². The SMILES string of the molecule is C=Cc1cc2nnn(CCC)c2cc1F. The lowest BCUT2D eigenvalue weighted by molar-refractivity contribution is 0.591. The number of halogens is 1. The molecule has 0 saturated heterocycles. The number of aromatic nitrogens is 3. The van der Waals surface area contributed by atoms with Gasteiger partial charge in [0.1, 0.15) is 11.3 Å². The quantitative estimate of drug-likeness (QED) is 0.771. The van der Waals surface area contributed by atoms with Crippen molar-refractivity contribution in [2.45, 2.75) is 19.9 Å². The molecule has 2 aromatic rings. The molecule has 0 spiro atoms. The van der Waals surface area contributed by atoms with Gasteiger partial charge >= 0.3 is 0 Å². The first-order chi connectivity index (χ1) is 7.26. The van der Waals surface area contributed by atoms with E-state index >= 15 is 0 Å². The molecule has 1 aromatic carbocycles. The Bertz CT molecular complexity index is 502. The Morgan fingerprint density at radius 3 is 3.00 bits per heavy atom. The Labute approximate surface area is 87.2 Å². The second kappa shape index (κ2) is 3.81. The van der Waals surface area contributed by atoms with Gasteiger partial charge in [-0.05, 0) is 12.5 Å². The maximum Gasteiger partial charge on any atom is 0.132 e. The van der Waals surface area contributed by atoms with Gasteiger partial charge in [0.15, 0.2) is 0 Å². The number of hydrogen-bond acceptors (Lipinski definition) is 2. The van der Waals surface area contributed by atoms with Crippen LogP contribution in [0.25, 0.3) is 17.1 Å². The van der Waals surface area contributed by atoms with Gasteiger partial charge < -0.3 is 0 Å². The highest BCUT2D eigenvalue weighted by Gasteiger charge is 2.07. The van der Waals surface area contributed by atoms with Gasteiger partial charge in [0, 0.05) is 18.2 Å². The molecule has 0 N–H and O–H groups in total. The van der Waals surface area contributed by atoms with Gasteiger partial charge in [0.2, 0.25) is 0 Å². The maximum atomic E-state index is 13.5. The Morgan fingerprint density at radius 1 is 1.53 bits per heavy atom. The molecule has 0 amide bonds. The van der Waals surface area contributed by atoms with Gasteiger partial charge in [-0.3, -0.25) is 0 Å². The van der Waals surface area contributed by atoms with Crippen molar-refractivity contribution in [3.8, 4) is 0 Å². The normalized spacial score (nSPS) is 10.8. The van der Waals surface area contributed by atoms with Gasteiger partial charge in [-0.2, -0.15) is 0 Å². The number of rotatable bonds is 3. The number of nitrogens with zero attached hydrogens (tertiary/aromatic N) is 3. The minimum absolute atomic E-state index is 0.280. The van der Waals surface area contributed by atoms with E-state index in [1.54, 1.807) is 10.7 Å². The summed E-state index contributed by atoms with van der Waals surface area (Å²) < 4.78 is 15.2. The zero-order valence-electron chi connectivity index (χ0n) is 8.57. The molecule has 3 nitrogen and oxygen atoms in total. The smallest absolute Gasteiger partial charge is 0.132 e. The summed E-state index contributed by atoms with van der Waals surface area (Å²) in [6.07, 6.45) is 2.43. The third-order valence-corrected chi connectivity index (χ3v) is 2.29. The fraction of sp³-hybridized carbons (Fsp3) is 0.273.